The molecule has 1 aromatic carbocycles. The molecule has 2 aromatic rings. The highest BCUT2D eigenvalue weighted by atomic mass is 19.1. The molecular weight excluding hydrogens is 215 g/mol. The predicted molar refractivity (Wildman–Crippen MR) is 52.2 cm³/mol. The fourth-order valence-corrected chi connectivity index (χ4v) is 1.31. The Morgan fingerprint density at radius 1 is 1.50 bits per heavy atom. The lowest BCUT2D eigenvalue weighted by atomic mass is 10.2. The quantitative estimate of drug-likeness (QED) is 0.852. The smallest absolute Gasteiger partial charge is 0.252 e. The lowest BCUT2D eigenvalue weighted by Gasteiger charge is -2.04. The normalized spacial score (nSPS) is 10.4. The first-order valence-electron chi connectivity index (χ1n) is 4.52. The van der Waals surface area contributed by atoms with Gasteiger partial charge >= 0.3 is 0 Å². The Kier molecular flexibility index (Phi) is 2.82. The van der Waals surface area contributed by atoms with E-state index in [0.717, 1.165) is 0 Å². The van der Waals surface area contributed by atoms with E-state index in [4.69, 9.17) is 9.84 Å². The summed E-state index contributed by atoms with van der Waals surface area (Å²) in [5.74, 6) is -0.116. The summed E-state index contributed by atoms with van der Waals surface area (Å²) in [4.78, 5) is 3.82. The summed E-state index contributed by atoms with van der Waals surface area (Å²) < 4.78 is 23.3. The molecule has 0 aliphatic rings. The van der Waals surface area contributed by atoms with Gasteiger partial charge < -0.3 is 14.4 Å². The first-order valence-corrected chi connectivity index (χ1v) is 4.52. The third-order valence-electron chi connectivity index (χ3n) is 2.02. The third kappa shape index (κ3) is 1.74. The zero-order valence-corrected chi connectivity index (χ0v) is 8.48. The number of hydrogen-bond donors (Lipinski definition) is 1. The molecule has 0 aliphatic carbocycles. The number of methoxy groups -OCH3 is 1. The van der Waals surface area contributed by atoms with Gasteiger partial charge in [0.25, 0.3) is 5.89 Å². The molecule has 0 saturated carbocycles. The Morgan fingerprint density at radius 3 is 2.94 bits per heavy atom. The molecule has 1 heterocycles. The van der Waals surface area contributed by atoms with E-state index in [-0.39, 0.29) is 23.9 Å². The van der Waals surface area contributed by atoms with Gasteiger partial charge in [0.2, 0.25) is 5.82 Å². The minimum Gasteiger partial charge on any atom is -0.496 e. The van der Waals surface area contributed by atoms with E-state index in [1.54, 1.807) is 6.07 Å². The number of benzene rings is 1. The first kappa shape index (κ1) is 10.6. The number of hydrogen-bond acceptors (Lipinski definition) is 5. The van der Waals surface area contributed by atoms with Gasteiger partial charge in [0.1, 0.15) is 23.7 Å². The monoisotopic (exact) mass is 224 g/mol. The molecular formula is C10H9FN2O3. The summed E-state index contributed by atoms with van der Waals surface area (Å²) in [6, 6.07) is 4.38. The van der Waals surface area contributed by atoms with Crippen LogP contribution in [-0.2, 0) is 6.61 Å². The number of aliphatic hydroxyl groups is 1. The van der Waals surface area contributed by atoms with Crippen LogP contribution in [0.3, 0.4) is 0 Å². The Bertz CT molecular complexity index is 499. The van der Waals surface area contributed by atoms with Crippen LogP contribution in [0, 0.1) is 5.82 Å². The van der Waals surface area contributed by atoms with Gasteiger partial charge in [-0.2, -0.15) is 4.98 Å². The van der Waals surface area contributed by atoms with E-state index in [1.807, 2.05) is 0 Å². The van der Waals surface area contributed by atoms with Crippen molar-refractivity contribution in [3.05, 3.63) is 29.9 Å². The molecule has 16 heavy (non-hydrogen) atoms. The molecule has 84 valence electrons. The number of rotatable bonds is 3. The molecule has 1 aromatic heterocycles. The average Bonchev–Trinajstić information content (AvgIpc) is 2.76. The maximum absolute atomic E-state index is 13.6. The highest BCUT2D eigenvalue weighted by Gasteiger charge is 2.17. The first-order chi connectivity index (χ1) is 7.76. The maximum Gasteiger partial charge on any atom is 0.252 e. The Morgan fingerprint density at radius 2 is 2.31 bits per heavy atom. The van der Waals surface area contributed by atoms with Gasteiger partial charge in [-0.25, -0.2) is 4.39 Å². The molecule has 6 heteroatoms. The molecule has 2 rings (SSSR count). The van der Waals surface area contributed by atoms with Crippen molar-refractivity contribution in [1.29, 1.82) is 0 Å². The standard InChI is InChI=1S/C10H9FN2O3/c1-15-7-4-2-3-6(11)9(7)10-12-8(5-14)16-13-10/h2-4,14H,5H2,1H3. The molecule has 0 unspecified atom stereocenters. The molecule has 0 aliphatic heterocycles. The van der Waals surface area contributed by atoms with Crippen LogP contribution in [0.2, 0.25) is 0 Å². The largest absolute Gasteiger partial charge is 0.496 e. The Balaban J connectivity index is 2.53. The van der Waals surface area contributed by atoms with Crippen molar-refractivity contribution in [3.8, 4) is 17.1 Å². The van der Waals surface area contributed by atoms with Crippen LogP contribution >= 0.6 is 0 Å². The SMILES string of the molecule is COc1cccc(F)c1-c1noc(CO)n1. The van der Waals surface area contributed by atoms with Crippen LogP contribution in [-0.4, -0.2) is 22.4 Å². The van der Waals surface area contributed by atoms with Crippen LogP contribution in [0.1, 0.15) is 5.89 Å². The number of nitrogens with zero attached hydrogens (tertiary/aromatic N) is 2. The Hall–Kier alpha value is -1.95. The highest BCUT2D eigenvalue weighted by molar-refractivity contribution is 5.64. The summed E-state index contributed by atoms with van der Waals surface area (Å²) in [5, 5.41) is 12.3. The number of halogens is 1. The van der Waals surface area contributed by atoms with Crippen molar-refractivity contribution in [1.82, 2.24) is 10.1 Å². The lowest BCUT2D eigenvalue weighted by Crippen LogP contribution is -1.93. The maximum atomic E-state index is 13.6. The average molecular weight is 224 g/mol. The number of ether oxygens (including phenoxy) is 1. The molecule has 5 nitrogen and oxygen atoms in total. The Labute approximate surface area is 90.5 Å². The summed E-state index contributed by atoms with van der Waals surface area (Å²) in [5.41, 5.74) is 0.119. The minimum atomic E-state index is -0.510. The minimum absolute atomic E-state index is 0.0281. The van der Waals surface area contributed by atoms with Gasteiger partial charge in [-0.15, -0.1) is 0 Å². The molecule has 0 atom stereocenters. The summed E-state index contributed by atoms with van der Waals surface area (Å²) in [6.07, 6.45) is 0. The topological polar surface area (TPSA) is 68.4 Å². The fraction of sp³-hybridized carbons (Fsp3) is 0.200. The van der Waals surface area contributed by atoms with Gasteiger partial charge in [0.05, 0.1) is 7.11 Å². The van der Waals surface area contributed by atoms with E-state index >= 15 is 0 Å². The van der Waals surface area contributed by atoms with E-state index in [9.17, 15) is 4.39 Å². The fourth-order valence-electron chi connectivity index (χ4n) is 1.31. The van der Waals surface area contributed by atoms with Gasteiger partial charge in [-0.1, -0.05) is 11.2 Å². The second-order valence-electron chi connectivity index (χ2n) is 2.99. The number of aromatic nitrogens is 2. The summed E-state index contributed by atoms with van der Waals surface area (Å²) >= 11 is 0. The highest BCUT2D eigenvalue weighted by Crippen LogP contribution is 2.30. The van der Waals surface area contributed by atoms with E-state index in [0.29, 0.717) is 5.75 Å². The van der Waals surface area contributed by atoms with Crippen molar-refractivity contribution < 1.29 is 18.8 Å². The van der Waals surface area contributed by atoms with Gasteiger partial charge in [-0.3, -0.25) is 0 Å². The van der Waals surface area contributed by atoms with Crippen LogP contribution in [0.4, 0.5) is 4.39 Å². The van der Waals surface area contributed by atoms with Crippen molar-refractivity contribution in [2.45, 2.75) is 6.61 Å². The van der Waals surface area contributed by atoms with Crippen LogP contribution < -0.4 is 4.74 Å². The molecule has 0 spiro atoms. The van der Waals surface area contributed by atoms with E-state index < -0.39 is 5.82 Å². The van der Waals surface area contributed by atoms with Crippen LogP contribution in [0.15, 0.2) is 22.7 Å². The molecule has 0 radical (unpaired) electrons. The lowest BCUT2D eigenvalue weighted by molar-refractivity contribution is 0.222. The predicted octanol–water partition coefficient (Wildman–Crippen LogP) is 1.38. The molecule has 0 bridgehead atoms. The van der Waals surface area contributed by atoms with Crippen molar-refractivity contribution in [2.24, 2.45) is 0 Å². The van der Waals surface area contributed by atoms with Gasteiger partial charge in [0.15, 0.2) is 0 Å². The van der Waals surface area contributed by atoms with Crippen LogP contribution in [0.5, 0.6) is 5.75 Å². The van der Waals surface area contributed by atoms with Gasteiger partial charge in [-0.05, 0) is 12.1 Å². The van der Waals surface area contributed by atoms with Crippen LogP contribution in [0.25, 0.3) is 11.4 Å². The van der Waals surface area contributed by atoms with Gasteiger partial charge in [0, 0.05) is 0 Å². The zero-order valence-electron chi connectivity index (χ0n) is 8.48. The molecule has 0 saturated heterocycles. The third-order valence-corrected chi connectivity index (χ3v) is 2.02. The summed E-state index contributed by atoms with van der Waals surface area (Å²) in [7, 11) is 1.42. The molecule has 1 N–H and O–H groups in total. The van der Waals surface area contributed by atoms with E-state index in [1.165, 1.54) is 19.2 Å². The van der Waals surface area contributed by atoms with Crippen molar-refractivity contribution in [3.63, 3.8) is 0 Å². The van der Waals surface area contributed by atoms with E-state index in [2.05, 4.69) is 14.7 Å². The van der Waals surface area contributed by atoms with Crippen molar-refractivity contribution in [2.75, 3.05) is 7.11 Å². The molecule has 0 fully saturated rings. The second kappa shape index (κ2) is 4.28. The molecule has 0 amide bonds. The van der Waals surface area contributed by atoms with Crippen molar-refractivity contribution >= 4 is 0 Å². The second-order valence-corrected chi connectivity index (χ2v) is 2.99. The zero-order chi connectivity index (χ0) is 11.5. The number of aliphatic hydroxyl groups excluding tert-OH is 1. The summed E-state index contributed by atoms with van der Waals surface area (Å²) in [6.45, 7) is -0.385.